The first-order valence-corrected chi connectivity index (χ1v) is 11.6. The van der Waals surface area contributed by atoms with Crippen molar-refractivity contribution in [2.24, 2.45) is 5.92 Å². The Kier molecular flexibility index (Phi) is 5.88. The number of hydrogen-bond acceptors (Lipinski definition) is 7. The molecule has 1 amide bonds. The van der Waals surface area contributed by atoms with Crippen LogP contribution in [0.25, 0.3) is 11.0 Å². The number of benzene rings is 1. The van der Waals surface area contributed by atoms with E-state index in [0.29, 0.717) is 23.8 Å². The average molecular weight is 451 g/mol. The Hall–Kier alpha value is -3.20. The van der Waals surface area contributed by atoms with E-state index >= 15 is 0 Å². The summed E-state index contributed by atoms with van der Waals surface area (Å²) >= 11 is 0. The van der Waals surface area contributed by atoms with Crippen LogP contribution in [0.2, 0.25) is 0 Å². The van der Waals surface area contributed by atoms with Gasteiger partial charge in [0, 0.05) is 31.1 Å². The minimum Gasteiger partial charge on any atom is -0.493 e. The number of piperidine rings is 1. The molecule has 2 atom stereocenters. The Morgan fingerprint density at radius 2 is 2.24 bits per heavy atom. The van der Waals surface area contributed by atoms with Gasteiger partial charge in [-0.15, -0.1) is 5.10 Å². The summed E-state index contributed by atoms with van der Waals surface area (Å²) in [6.45, 7) is 7.76. The van der Waals surface area contributed by atoms with Gasteiger partial charge in [0.25, 0.3) is 0 Å². The van der Waals surface area contributed by atoms with E-state index in [1.165, 1.54) is 18.9 Å². The fourth-order valence-electron chi connectivity index (χ4n) is 4.73. The van der Waals surface area contributed by atoms with Crippen LogP contribution in [0, 0.1) is 12.8 Å². The highest BCUT2D eigenvalue weighted by Crippen LogP contribution is 2.37. The van der Waals surface area contributed by atoms with Crippen LogP contribution >= 0.6 is 0 Å². The quantitative estimate of drug-likeness (QED) is 0.527. The highest BCUT2D eigenvalue weighted by Gasteiger charge is 2.32. The molecule has 2 aromatic heterocycles. The number of amides is 1. The van der Waals surface area contributed by atoms with Crippen molar-refractivity contribution in [3.8, 4) is 5.75 Å². The molecule has 9 heteroatoms. The van der Waals surface area contributed by atoms with Gasteiger partial charge >= 0.3 is 0 Å². The smallest absolute Gasteiger partial charge is 0.246 e. The third-order valence-corrected chi connectivity index (χ3v) is 6.59. The number of aromatic nitrogens is 4. The van der Waals surface area contributed by atoms with E-state index in [1.54, 1.807) is 7.11 Å². The summed E-state index contributed by atoms with van der Waals surface area (Å²) in [4.78, 5) is 14.1. The van der Waals surface area contributed by atoms with Gasteiger partial charge in [0.05, 0.1) is 13.2 Å². The number of hydrogen-bond donors (Lipinski definition) is 1. The van der Waals surface area contributed by atoms with Gasteiger partial charge in [-0.25, -0.2) is 4.68 Å². The van der Waals surface area contributed by atoms with E-state index < -0.39 is 0 Å². The molecule has 9 nitrogen and oxygen atoms in total. The Labute approximate surface area is 192 Å². The number of carbonyl (C=O) groups excluding carboxylic acids is 1. The van der Waals surface area contributed by atoms with E-state index in [1.807, 2.05) is 28.6 Å². The van der Waals surface area contributed by atoms with Crippen LogP contribution in [-0.4, -0.2) is 57.3 Å². The Morgan fingerprint density at radius 3 is 3.00 bits per heavy atom. The van der Waals surface area contributed by atoms with Gasteiger partial charge in [-0.2, -0.15) is 0 Å². The van der Waals surface area contributed by atoms with Crippen molar-refractivity contribution in [1.29, 1.82) is 0 Å². The first-order valence-electron chi connectivity index (χ1n) is 11.6. The van der Waals surface area contributed by atoms with Crippen LogP contribution in [0.15, 0.2) is 35.3 Å². The molecule has 3 aromatic rings. The van der Waals surface area contributed by atoms with Crippen LogP contribution in [0.1, 0.15) is 48.9 Å². The lowest BCUT2D eigenvalue weighted by atomic mass is 9.98. The molecule has 2 aliphatic rings. The van der Waals surface area contributed by atoms with Gasteiger partial charge in [-0.1, -0.05) is 12.6 Å². The van der Waals surface area contributed by atoms with E-state index in [-0.39, 0.29) is 18.0 Å². The number of aryl methyl sites for hydroxylation is 1. The monoisotopic (exact) mass is 450 g/mol. The van der Waals surface area contributed by atoms with Crippen molar-refractivity contribution in [1.82, 2.24) is 30.4 Å². The Bertz CT molecular complexity index is 1160. The first kappa shape index (κ1) is 21.6. The molecule has 1 saturated carbocycles. The molecule has 1 aliphatic heterocycles. The van der Waals surface area contributed by atoms with Crippen LogP contribution < -0.4 is 10.1 Å². The predicted molar refractivity (Wildman–Crippen MR) is 123 cm³/mol. The second-order valence-corrected chi connectivity index (χ2v) is 9.05. The number of rotatable bonds is 8. The van der Waals surface area contributed by atoms with Gasteiger partial charge in [0.1, 0.15) is 5.76 Å². The summed E-state index contributed by atoms with van der Waals surface area (Å²) in [6.07, 6.45) is 5.71. The lowest BCUT2D eigenvalue weighted by Gasteiger charge is -2.35. The van der Waals surface area contributed by atoms with E-state index in [0.717, 1.165) is 48.5 Å². The first-order chi connectivity index (χ1) is 16.1. The molecular weight excluding hydrogens is 420 g/mol. The van der Waals surface area contributed by atoms with Crippen molar-refractivity contribution >= 4 is 16.9 Å². The summed E-state index contributed by atoms with van der Waals surface area (Å²) in [5.74, 6) is 2.88. The van der Waals surface area contributed by atoms with E-state index in [9.17, 15) is 4.79 Å². The lowest BCUT2D eigenvalue weighted by Crippen LogP contribution is -2.49. The molecule has 0 bridgehead atoms. The zero-order chi connectivity index (χ0) is 22.9. The highest BCUT2D eigenvalue weighted by molar-refractivity contribution is 5.88. The average Bonchev–Trinajstić information content (AvgIpc) is 3.38. The maximum Gasteiger partial charge on any atom is 0.246 e. The number of methoxy groups -OCH3 is 1. The normalized spacial score (nSPS) is 19.6. The van der Waals surface area contributed by atoms with Crippen molar-refractivity contribution in [2.75, 3.05) is 20.2 Å². The summed E-state index contributed by atoms with van der Waals surface area (Å²) in [7, 11) is 1.64. The van der Waals surface area contributed by atoms with E-state index in [2.05, 4.69) is 33.5 Å². The number of fused-ring (bicyclic) bond motifs is 1. The van der Waals surface area contributed by atoms with Gasteiger partial charge < -0.3 is 14.1 Å². The van der Waals surface area contributed by atoms with Gasteiger partial charge in [-0.05, 0) is 72.7 Å². The minimum atomic E-state index is -0.257. The second kappa shape index (κ2) is 8.97. The number of likely N-dealkylation sites (tertiary alicyclic amines) is 1. The number of nitrogens with one attached hydrogen (secondary N) is 1. The number of carbonyl (C=O) groups is 1. The Morgan fingerprint density at radius 1 is 1.39 bits per heavy atom. The number of nitrogens with zero attached hydrogens (tertiary/aromatic N) is 5. The standard InChI is InChI=1S/C24H30N6O3/c1-4-21(31)29-11-5-6-17(14-29)25-22(24-26-27-28-30(24)13-16-7-8-16)18-9-10-20(32-3)23-19(18)12-15(2)33-23/h4,9-10,12,16-17,22,25H,1,5-8,11,13-14H2,2-3H3. The molecule has 0 radical (unpaired) electrons. The molecule has 1 saturated heterocycles. The summed E-state index contributed by atoms with van der Waals surface area (Å²) in [6, 6.07) is 5.86. The third-order valence-electron chi connectivity index (χ3n) is 6.59. The largest absolute Gasteiger partial charge is 0.493 e. The van der Waals surface area contributed by atoms with Crippen molar-refractivity contribution in [3.05, 3.63) is 48.0 Å². The third kappa shape index (κ3) is 4.37. The molecule has 2 unspecified atom stereocenters. The van der Waals surface area contributed by atoms with Gasteiger partial charge in [-0.3, -0.25) is 10.1 Å². The van der Waals surface area contributed by atoms with Crippen LogP contribution in [0.5, 0.6) is 5.75 Å². The predicted octanol–water partition coefficient (Wildman–Crippen LogP) is 3.00. The van der Waals surface area contributed by atoms with Crippen LogP contribution in [0.3, 0.4) is 0 Å². The second-order valence-electron chi connectivity index (χ2n) is 9.05. The van der Waals surface area contributed by atoms with Gasteiger partial charge in [0.15, 0.2) is 17.2 Å². The Balaban J connectivity index is 1.54. The molecule has 5 rings (SSSR count). The molecule has 174 valence electrons. The number of ether oxygens (including phenoxy) is 1. The summed E-state index contributed by atoms with van der Waals surface area (Å²) in [5, 5.41) is 17.5. The topological polar surface area (TPSA) is 98.3 Å². The summed E-state index contributed by atoms with van der Waals surface area (Å²) < 4.78 is 13.4. The lowest BCUT2D eigenvalue weighted by molar-refractivity contribution is -0.127. The molecule has 3 heterocycles. The maximum atomic E-state index is 12.2. The summed E-state index contributed by atoms with van der Waals surface area (Å²) in [5.41, 5.74) is 1.74. The molecule has 2 fully saturated rings. The molecule has 1 aromatic carbocycles. The van der Waals surface area contributed by atoms with Crippen molar-refractivity contribution in [2.45, 2.75) is 51.2 Å². The zero-order valence-corrected chi connectivity index (χ0v) is 19.2. The molecule has 1 N–H and O–H groups in total. The fraction of sp³-hybridized carbons (Fsp3) is 0.500. The minimum absolute atomic E-state index is 0.0334. The number of tetrazole rings is 1. The fourth-order valence-corrected chi connectivity index (χ4v) is 4.73. The molecule has 1 aliphatic carbocycles. The van der Waals surface area contributed by atoms with Crippen molar-refractivity contribution in [3.63, 3.8) is 0 Å². The highest BCUT2D eigenvalue weighted by atomic mass is 16.5. The molecular formula is C24H30N6O3. The van der Waals surface area contributed by atoms with Crippen LogP contribution in [0.4, 0.5) is 0 Å². The van der Waals surface area contributed by atoms with Crippen molar-refractivity contribution < 1.29 is 13.9 Å². The maximum absolute atomic E-state index is 12.2. The number of furan rings is 1. The molecule has 0 spiro atoms. The zero-order valence-electron chi connectivity index (χ0n) is 19.2. The SMILES string of the molecule is C=CC(=O)N1CCCC(NC(c2ccc(OC)c3oc(C)cc23)c2nnnn2CC2CC2)C1. The van der Waals surface area contributed by atoms with Crippen LogP contribution in [-0.2, 0) is 11.3 Å². The molecule has 33 heavy (non-hydrogen) atoms. The van der Waals surface area contributed by atoms with E-state index in [4.69, 9.17) is 9.15 Å². The van der Waals surface area contributed by atoms with Gasteiger partial charge in [0.2, 0.25) is 5.91 Å².